The molecule has 0 aliphatic carbocycles. The number of amides is 1. The third kappa shape index (κ3) is 4.69. The predicted octanol–water partition coefficient (Wildman–Crippen LogP) is 2.83. The molecule has 2 saturated heterocycles. The van der Waals surface area contributed by atoms with Crippen LogP contribution < -0.4 is 5.32 Å². The number of benzene rings is 1. The molecule has 31 heavy (non-hydrogen) atoms. The predicted molar refractivity (Wildman–Crippen MR) is 119 cm³/mol. The number of carbonyl (C=O) groups is 1. The summed E-state index contributed by atoms with van der Waals surface area (Å²) in [6, 6.07) is 8.17. The number of ether oxygens (including phenoxy) is 1. The Bertz CT molecular complexity index is 978. The van der Waals surface area contributed by atoms with Crippen LogP contribution in [-0.4, -0.2) is 60.3 Å². The molecule has 2 fully saturated rings. The summed E-state index contributed by atoms with van der Waals surface area (Å²) in [5.41, 5.74) is 6.68. The number of carbonyl (C=O) groups excluding carboxylic acids is 1. The molecule has 0 saturated carbocycles. The third-order valence-corrected chi connectivity index (χ3v) is 5.80. The Morgan fingerprint density at radius 1 is 1.06 bits per heavy atom. The smallest absolute Gasteiger partial charge is 0.256 e. The number of allylic oxidation sites excluding steroid dienone is 1. The van der Waals surface area contributed by atoms with Crippen LogP contribution in [0.25, 0.3) is 11.1 Å². The Morgan fingerprint density at radius 2 is 1.90 bits per heavy atom. The number of fused-ring (bicyclic) bond motifs is 1. The van der Waals surface area contributed by atoms with Gasteiger partial charge in [0.1, 0.15) is 0 Å². The standard InChI is InChI=1S/C22H26N4O4.ClH/c1-15(20-11-17(12-23-20)13-25-4-7-28-8-5-25)21-18-10-16(14-26-6-9-29-30-26)2-3-19(18)24-22(21)27;/h2-3,10-12,23H,4-9,13-14H2,1H3,(H,24,27);1H/b21-15-;. The molecule has 3 aliphatic rings. The first kappa shape index (κ1) is 22.0. The van der Waals surface area contributed by atoms with Gasteiger partial charge in [0.15, 0.2) is 0 Å². The molecule has 0 spiro atoms. The van der Waals surface area contributed by atoms with Crippen molar-refractivity contribution < 1.29 is 19.4 Å². The summed E-state index contributed by atoms with van der Waals surface area (Å²) in [5, 5.41) is 4.76. The molecule has 2 aromatic rings. The summed E-state index contributed by atoms with van der Waals surface area (Å²) in [5.74, 6) is -0.0651. The molecule has 8 nitrogen and oxygen atoms in total. The highest BCUT2D eigenvalue weighted by Crippen LogP contribution is 2.37. The molecule has 0 unspecified atom stereocenters. The van der Waals surface area contributed by atoms with Gasteiger partial charge in [-0.3, -0.25) is 9.69 Å². The first-order valence-corrected chi connectivity index (χ1v) is 10.4. The monoisotopic (exact) mass is 446 g/mol. The minimum Gasteiger partial charge on any atom is -0.379 e. The molecule has 2 N–H and O–H groups in total. The molecule has 9 heteroatoms. The van der Waals surface area contributed by atoms with E-state index in [1.165, 1.54) is 5.56 Å². The van der Waals surface area contributed by atoms with Crippen molar-refractivity contribution in [1.82, 2.24) is 14.9 Å². The molecule has 1 amide bonds. The number of halogens is 1. The highest BCUT2D eigenvalue weighted by atomic mass is 35.5. The topological polar surface area (TPSA) is 79.1 Å². The second kappa shape index (κ2) is 9.52. The van der Waals surface area contributed by atoms with Gasteiger partial charge in [-0.05, 0) is 41.8 Å². The fourth-order valence-electron chi connectivity index (χ4n) is 4.18. The molecule has 5 rings (SSSR count). The zero-order chi connectivity index (χ0) is 20.5. The normalized spacial score (nSPS) is 21.0. The Balaban J connectivity index is 0.00000231. The number of morpholine rings is 1. The van der Waals surface area contributed by atoms with E-state index < -0.39 is 0 Å². The molecule has 3 aliphatic heterocycles. The van der Waals surface area contributed by atoms with Crippen molar-refractivity contribution in [3.63, 3.8) is 0 Å². The van der Waals surface area contributed by atoms with Gasteiger partial charge < -0.3 is 15.0 Å². The van der Waals surface area contributed by atoms with E-state index in [0.29, 0.717) is 18.7 Å². The maximum atomic E-state index is 12.8. The number of nitrogens with zero attached hydrogens (tertiary/aromatic N) is 2. The highest BCUT2D eigenvalue weighted by Gasteiger charge is 2.28. The SMILES string of the molecule is C/C(=C1/C(=O)Nc2ccc(CN3CCOO3)cc21)c1cc(CN2CCOCC2)c[nH]1.Cl. The minimum atomic E-state index is -0.0651. The first-order chi connectivity index (χ1) is 14.7. The number of hydrogen-bond donors (Lipinski definition) is 2. The van der Waals surface area contributed by atoms with E-state index in [1.807, 2.05) is 25.3 Å². The summed E-state index contributed by atoms with van der Waals surface area (Å²) < 4.78 is 5.43. The average molecular weight is 447 g/mol. The maximum Gasteiger partial charge on any atom is 0.256 e. The van der Waals surface area contributed by atoms with Crippen molar-refractivity contribution in [3.05, 3.63) is 52.8 Å². The summed E-state index contributed by atoms with van der Waals surface area (Å²) in [6.45, 7) is 8.25. The van der Waals surface area contributed by atoms with Crippen molar-refractivity contribution in [2.24, 2.45) is 0 Å². The quantitative estimate of drug-likeness (QED) is 0.543. The Kier molecular flexibility index (Phi) is 6.76. The molecule has 4 heterocycles. The average Bonchev–Trinajstić information content (AvgIpc) is 3.48. The third-order valence-electron chi connectivity index (χ3n) is 5.80. The van der Waals surface area contributed by atoms with Crippen LogP contribution in [0.15, 0.2) is 30.5 Å². The highest BCUT2D eigenvalue weighted by molar-refractivity contribution is 6.36. The Labute approximate surface area is 187 Å². The summed E-state index contributed by atoms with van der Waals surface area (Å²) in [6.07, 6.45) is 2.03. The van der Waals surface area contributed by atoms with Crippen molar-refractivity contribution >= 4 is 35.1 Å². The van der Waals surface area contributed by atoms with Crippen molar-refractivity contribution in [3.8, 4) is 0 Å². The lowest BCUT2D eigenvalue weighted by Gasteiger charge is -2.25. The molecule has 1 aromatic carbocycles. The molecular formula is C22H27ClN4O4. The number of hydroxylamine groups is 2. The second-order valence-corrected chi connectivity index (χ2v) is 7.90. The van der Waals surface area contributed by atoms with Crippen molar-refractivity contribution in [2.75, 3.05) is 44.8 Å². The lowest BCUT2D eigenvalue weighted by Crippen LogP contribution is -2.35. The maximum absolute atomic E-state index is 12.8. The van der Waals surface area contributed by atoms with E-state index in [1.54, 1.807) is 5.06 Å². The second-order valence-electron chi connectivity index (χ2n) is 7.90. The van der Waals surface area contributed by atoms with E-state index in [-0.39, 0.29) is 18.3 Å². The summed E-state index contributed by atoms with van der Waals surface area (Å²) in [7, 11) is 0. The van der Waals surface area contributed by atoms with Gasteiger partial charge in [-0.25, -0.2) is 4.89 Å². The molecule has 1 aromatic heterocycles. The van der Waals surface area contributed by atoms with Crippen LogP contribution in [0.2, 0.25) is 0 Å². The van der Waals surface area contributed by atoms with Gasteiger partial charge in [0.2, 0.25) is 0 Å². The minimum absolute atomic E-state index is 0. The van der Waals surface area contributed by atoms with Crippen LogP contribution in [0.1, 0.15) is 29.3 Å². The molecule has 166 valence electrons. The first-order valence-electron chi connectivity index (χ1n) is 10.4. The number of anilines is 1. The van der Waals surface area contributed by atoms with Gasteiger partial charge in [-0.15, -0.1) is 22.5 Å². The van der Waals surface area contributed by atoms with Crippen LogP contribution in [-0.2, 0) is 32.5 Å². The Morgan fingerprint density at radius 3 is 2.68 bits per heavy atom. The summed E-state index contributed by atoms with van der Waals surface area (Å²) >= 11 is 0. The molecule has 0 atom stereocenters. The summed E-state index contributed by atoms with van der Waals surface area (Å²) in [4.78, 5) is 28.6. The fraction of sp³-hybridized carbons (Fsp3) is 0.409. The molecule has 0 radical (unpaired) electrons. The number of aromatic amines is 1. The van der Waals surface area contributed by atoms with Gasteiger partial charge >= 0.3 is 0 Å². The van der Waals surface area contributed by atoms with Crippen LogP contribution in [0.5, 0.6) is 0 Å². The fourth-order valence-corrected chi connectivity index (χ4v) is 4.18. The van der Waals surface area contributed by atoms with E-state index >= 15 is 0 Å². The van der Waals surface area contributed by atoms with E-state index in [4.69, 9.17) is 14.6 Å². The van der Waals surface area contributed by atoms with Crippen LogP contribution >= 0.6 is 12.4 Å². The van der Waals surface area contributed by atoms with Crippen LogP contribution in [0.4, 0.5) is 5.69 Å². The number of H-pyrrole nitrogens is 1. The van der Waals surface area contributed by atoms with E-state index in [9.17, 15) is 4.79 Å². The van der Waals surface area contributed by atoms with Crippen LogP contribution in [0.3, 0.4) is 0 Å². The Hall–Kier alpha value is -2.20. The number of hydrogen-bond acceptors (Lipinski definition) is 6. The largest absolute Gasteiger partial charge is 0.379 e. The number of nitrogens with one attached hydrogen (secondary N) is 2. The van der Waals surface area contributed by atoms with Crippen molar-refractivity contribution in [2.45, 2.75) is 20.0 Å². The van der Waals surface area contributed by atoms with E-state index in [0.717, 1.165) is 67.5 Å². The lowest BCUT2D eigenvalue weighted by atomic mass is 9.98. The van der Waals surface area contributed by atoms with Crippen molar-refractivity contribution in [1.29, 1.82) is 0 Å². The molecular weight excluding hydrogens is 420 g/mol. The number of rotatable bonds is 5. The van der Waals surface area contributed by atoms with Gasteiger partial charge in [0.25, 0.3) is 5.91 Å². The zero-order valence-corrected chi connectivity index (χ0v) is 18.3. The number of aromatic nitrogens is 1. The molecule has 0 bridgehead atoms. The van der Waals surface area contributed by atoms with Crippen LogP contribution in [0, 0.1) is 0 Å². The lowest BCUT2D eigenvalue weighted by molar-refractivity contribution is -0.373. The van der Waals surface area contributed by atoms with Gasteiger partial charge in [-0.2, -0.15) is 0 Å². The van der Waals surface area contributed by atoms with E-state index in [2.05, 4.69) is 27.3 Å². The zero-order valence-electron chi connectivity index (χ0n) is 17.5. The van der Waals surface area contributed by atoms with Gasteiger partial charge in [0, 0.05) is 42.8 Å². The van der Waals surface area contributed by atoms with Gasteiger partial charge in [0.05, 0.1) is 38.5 Å². The van der Waals surface area contributed by atoms with Gasteiger partial charge in [-0.1, -0.05) is 6.07 Å².